The van der Waals surface area contributed by atoms with Crippen LogP contribution in [-0.2, 0) is 13.1 Å². The van der Waals surface area contributed by atoms with Gasteiger partial charge in [0.1, 0.15) is 0 Å². The number of urea groups is 1. The van der Waals surface area contributed by atoms with Crippen LogP contribution in [0, 0.1) is 0 Å². The Labute approximate surface area is 120 Å². The molecule has 0 fully saturated rings. The highest BCUT2D eigenvalue weighted by molar-refractivity contribution is 9.10. The SMILES string of the molecule is O=C(Nc1ccc(Br)cc1)N1Cc2ccccc2C1. The van der Waals surface area contributed by atoms with Crippen molar-refractivity contribution in [3.63, 3.8) is 0 Å². The Morgan fingerprint density at radius 1 is 1.00 bits per heavy atom. The summed E-state index contributed by atoms with van der Waals surface area (Å²) in [7, 11) is 0. The minimum Gasteiger partial charge on any atom is -0.316 e. The van der Waals surface area contributed by atoms with E-state index in [1.807, 2.05) is 41.3 Å². The standard InChI is InChI=1S/C15H13BrN2O/c16-13-5-7-14(8-6-13)17-15(19)18-9-11-3-1-2-4-12(11)10-18/h1-8H,9-10H2,(H,17,19). The molecule has 0 spiro atoms. The van der Waals surface area contributed by atoms with E-state index >= 15 is 0 Å². The Morgan fingerprint density at radius 2 is 1.58 bits per heavy atom. The van der Waals surface area contributed by atoms with Gasteiger partial charge in [-0.05, 0) is 35.4 Å². The van der Waals surface area contributed by atoms with Crippen LogP contribution in [0.1, 0.15) is 11.1 Å². The predicted octanol–water partition coefficient (Wildman–Crippen LogP) is 4.00. The first-order chi connectivity index (χ1) is 9.22. The van der Waals surface area contributed by atoms with Crippen LogP contribution in [0.4, 0.5) is 10.5 Å². The van der Waals surface area contributed by atoms with Crippen LogP contribution in [0.15, 0.2) is 53.0 Å². The zero-order valence-corrected chi connectivity index (χ0v) is 11.9. The molecule has 1 N–H and O–H groups in total. The van der Waals surface area contributed by atoms with Crippen molar-refractivity contribution in [3.8, 4) is 0 Å². The van der Waals surface area contributed by atoms with Crippen molar-refractivity contribution >= 4 is 27.6 Å². The largest absolute Gasteiger partial charge is 0.322 e. The quantitative estimate of drug-likeness (QED) is 0.847. The fraction of sp³-hybridized carbons (Fsp3) is 0.133. The second kappa shape index (κ2) is 5.05. The van der Waals surface area contributed by atoms with Gasteiger partial charge in [0.15, 0.2) is 0 Å². The Morgan fingerprint density at radius 3 is 2.16 bits per heavy atom. The molecule has 1 heterocycles. The highest BCUT2D eigenvalue weighted by Gasteiger charge is 2.22. The Kier molecular flexibility index (Phi) is 3.25. The van der Waals surface area contributed by atoms with E-state index in [-0.39, 0.29) is 6.03 Å². The van der Waals surface area contributed by atoms with E-state index in [4.69, 9.17) is 0 Å². The van der Waals surface area contributed by atoms with Crippen LogP contribution >= 0.6 is 15.9 Å². The van der Waals surface area contributed by atoms with E-state index in [9.17, 15) is 4.79 Å². The number of carbonyl (C=O) groups is 1. The molecule has 96 valence electrons. The fourth-order valence-corrected chi connectivity index (χ4v) is 2.48. The van der Waals surface area contributed by atoms with E-state index in [0.717, 1.165) is 10.2 Å². The maximum absolute atomic E-state index is 12.2. The minimum atomic E-state index is -0.0569. The number of anilines is 1. The lowest BCUT2D eigenvalue weighted by Gasteiger charge is -2.16. The third-order valence-electron chi connectivity index (χ3n) is 3.22. The van der Waals surface area contributed by atoms with E-state index < -0.39 is 0 Å². The topological polar surface area (TPSA) is 32.3 Å². The number of nitrogens with one attached hydrogen (secondary N) is 1. The molecular formula is C15H13BrN2O. The number of fused-ring (bicyclic) bond motifs is 1. The molecule has 19 heavy (non-hydrogen) atoms. The van der Waals surface area contributed by atoms with E-state index in [1.165, 1.54) is 11.1 Å². The lowest BCUT2D eigenvalue weighted by molar-refractivity contribution is 0.212. The van der Waals surface area contributed by atoms with Crippen molar-refractivity contribution in [1.82, 2.24) is 4.90 Å². The molecule has 1 aliphatic heterocycles. The molecule has 3 rings (SSSR count). The third-order valence-corrected chi connectivity index (χ3v) is 3.75. The lowest BCUT2D eigenvalue weighted by Crippen LogP contribution is -2.30. The van der Waals surface area contributed by atoms with Gasteiger partial charge in [0.05, 0.1) is 0 Å². The molecule has 0 aliphatic carbocycles. The van der Waals surface area contributed by atoms with Crippen LogP contribution < -0.4 is 5.32 Å². The van der Waals surface area contributed by atoms with Crippen molar-refractivity contribution in [1.29, 1.82) is 0 Å². The number of hydrogen-bond donors (Lipinski definition) is 1. The number of benzene rings is 2. The Bertz CT molecular complexity index is 585. The maximum atomic E-state index is 12.2. The van der Waals surface area contributed by atoms with Gasteiger partial charge >= 0.3 is 6.03 Å². The summed E-state index contributed by atoms with van der Waals surface area (Å²) in [5.74, 6) is 0. The van der Waals surface area contributed by atoms with Gasteiger partial charge in [-0.25, -0.2) is 4.79 Å². The molecule has 3 nitrogen and oxygen atoms in total. The number of amides is 2. The summed E-state index contributed by atoms with van der Waals surface area (Å²) >= 11 is 3.37. The molecule has 0 saturated carbocycles. The van der Waals surface area contributed by atoms with Crippen LogP contribution in [0.3, 0.4) is 0 Å². The molecule has 2 amide bonds. The molecule has 0 atom stereocenters. The molecule has 2 aromatic carbocycles. The van der Waals surface area contributed by atoms with E-state index in [1.54, 1.807) is 0 Å². The molecule has 0 radical (unpaired) electrons. The van der Waals surface area contributed by atoms with Gasteiger partial charge in [0.25, 0.3) is 0 Å². The molecule has 0 aromatic heterocycles. The summed E-state index contributed by atoms with van der Waals surface area (Å²) in [5, 5.41) is 2.91. The number of rotatable bonds is 1. The van der Waals surface area contributed by atoms with Crippen LogP contribution in [0.5, 0.6) is 0 Å². The Hall–Kier alpha value is -1.81. The average Bonchev–Trinajstić information content (AvgIpc) is 2.85. The summed E-state index contributed by atoms with van der Waals surface area (Å²) in [6.07, 6.45) is 0. The first kappa shape index (κ1) is 12.2. The normalized spacial score (nSPS) is 13.2. The lowest BCUT2D eigenvalue weighted by atomic mass is 10.1. The van der Waals surface area contributed by atoms with Gasteiger partial charge in [-0.3, -0.25) is 0 Å². The van der Waals surface area contributed by atoms with Gasteiger partial charge in [-0.1, -0.05) is 40.2 Å². The third kappa shape index (κ3) is 2.63. The number of halogens is 1. The number of nitrogens with zero attached hydrogens (tertiary/aromatic N) is 1. The fourth-order valence-electron chi connectivity index (χ4n) is 2.21. The van der Waals surface area contributed by atoms with Crippen molar-refractivity contribution in [2.45, 2.75) is 13.1 Å². The first-order valence-corrected chi connectivity index (χ1v) is 6.90. The smallest absolute Gasteiger partial charge is 0.316 e. The van der Waals surface area contributed by atoms with Crippen LogP contribution in [0.25, 0.3) is 0 Å². The van der Waals surface area contributed by atoms with E-state index in [2.05, 4.69) is 33.4 Å². The highest BCUT2D eigenvalue weighted by atomic mass is 79.9. The summed E-state index contributed by atoms with van der Waals surface area (Å²) in [4.78, 5) is 14.0. The highest BCUT2D eigenvalue weighted by Crippen LogP contribution is 2.23. The maximum Gasteiger partial charge on any atom is 0.322 e. The summed E-state index contributed by atoms with van der Waals surface area (Å²) < 4.78 is 0.999. The zero-order chi connectivity index (χ0) is 13.2. The molecule has 4 heteroatoms. The first-order valence-electron chi connectivity index (χ1n) is 6.10. The second-order valence-electron chi connectivity index (χ2n) is 4.56. The number of carbonyl (C=O) groups excluding carboxylic acids is 1. The monoisotopic (exact) mass is 316 g/mol. The molecule has 0 bridgehead atoms. The molecule has 2 aromatic rings. The van der Waals surface area contributed by atoms with Gasteiger partial charge in [0, 0.05) is 23.2 Å². The summed E-state index contributed by atoms with van der Waals surface area (Å²) in [5.41, 5.74) is 3.27. The van der Waals surface area contributed by atoms with Gasteiger partial charge in [-0.2, -0.15) is 0 Å². The van der Waals surface area contributed by atoms with Crippen LogP contribution in [-0.4, -0.2) is 10.9 Å². The number of hydrogen-bond acceptors (Lipinski definition) is 1. The van der Waals surface area contributed by atoms with Crippen molar-refractivity contribution in [2.24, 2.45) is 0 Å². The predicted molar refractivity (Wildman–Crippen MR) is 78.8 cm³/mol. The van der Waals surface area contributed by atoms with E-state index in [0.29, 0.717) is 13.1 Å². The molecule has 1 aliphatic rings. The second-order valence-corrected chi connectivity index (χ2v) is 5.48. The van der Waals surface area contributed by atoms with Crippen molar-refractivity contribution in [2.75, 3.05) is 5.32 Å². The zero-order valence-electron chi connectivity index (χ0n) is 10.3. The summed E-state index contributed by atoms with van der Waals surface area (Å²) in [6, 6.07) is 15.7. The van der Waals surface area contributed by atoms with Gasteiger partial charge in [-0.15, -0.1) is 0 Å². The van der Waals surface area contributed by atoms with Gasteiger partial charge < -0.3 is 10.2 Å². The Balaban J connectivity index is 1.68. The summed E-state index contributed by atoms with van der Waals surface area (Å²) in [6.45, 7) is 1.36. The average molecular weight is 317 g/mol. The molecular weight excluding hydrogens is 304 g/mol. The minimum absolute atomic E-state index is 0.0569. The van der Waals surface area contributed by atoms with Crippen LogP contribution in [0.2, 0.25) is 0 Å². The molecule has 0 unspecified atom stereocenters. The van der Waals surface area contributed by atoms with Crippen molar-refractivity contribution < 1.29 is 4.79 Å². The van der Waals surface area contributed by atoms with Gasteiger partial charge in [0.2, 0.25) is 0 Å². The molecule has 0 saturated heterocycles. The van der Waals surface area contributed by atoms with Crippen molar-refractivity contribution in [3.05, 3.63) is 64.1 Å².